The van der Waals surface area contributed by atoms with Crippen LogP contribution in [0, 0.1) is 0 Å². The van der Waals surface area contributed by atoms with Crippen molar-refractivity contribution in [2.75, 3.05) is 6.79 Å². The third-order valence-corrected chi connectivity index (χ3v) is 5.79. The Hall–Kier alpha value is -1.13. The Kier molecular flexibility index (Phi) is 3.59. The fraction of sp³-hybridized carbons (Fsp3) is 0.294. The van der Waals surface area contributed by atoms with Crippen molar-refractivity contribution in [2.24, 2.45) is 0 Å². The minimum atomic E-state index is 0.323. The number of ether oxygens (including phenoxy) is 2. The normalized spacial score (nSPS) is 15.3. The molecule has 21 heavy (non-hydrogen) atoms. The zero-order chi connectivity index (χ0) is 14.2. The molecule has 2 aromatic rings. The molecule has 0 atom stereocenters. The molecular weight excluding hydrogens is 348 g/mol. The molecule has 1 aliphatic heterocycles. The highest BCUT2D eigenvalue weighted by Gasteiger charge is 2.16. The quantitative estimate of drug-likeness (QED) is 0.719. The van der Waals surface area contributed by atoms with Crippen LogP contribution in [0.1, 0.15) is 23.1 Å². The molecule has 0 saturated heterocycles. The van der Waals surface area contributed by atoms with Crippen molar-refractivity contribution in [3.05, 3.63) is 51.5 Å². The molecule has 4 heteroatoms. The van der Waals surface area contributed by atoms with Gasteiger partial charge >= 0.3 is 0 Å². The summed E-state index contributed by atoms with van der Waals surface area (Å²) in [5, 5.41) is 0. The highest BCUT2D eigenvalue weighted by Crippen LogP contribution is 2.39. The van der Waals surface area contributed by atoms with E-state index in [1.54, 1.807) is 0 Å². The van der Waals surface area contributed by atoms with Crippen LogP contribution in [0.3, 0.4) is 0 Å². The van der Waals surface area contributed by atoms with E-state index < -0.39 is 0 Å². The summed E-state index contributed by atoms with van der Waals surface area (Å²) in [5.41, 5.74) is 4.30. The van der Waals surface area contributed by atoms with E-state index in [1.165, 1.54) is 40.8 Å². The van der Waals surface area contributed by atoms with Gasteiger partial charge in [0.15, 0.2) is 11.5 Å². The predicted octanol–water partition coefficient (Wildman–Crippen LogP) is 4.96. The lowest BCUT2D eigenvalue weighted by Gasteiger charge is -2.08. The molecule has 0 fully saturated rings. The van der Waals surface area contributed by atoms with Crippen molar-refractivity contribution in [1.29, 1.82) is 0 Å². The Balaban J connectivity index is 1.52. The Bertz CT molecular complexity index is 699. The molecule has 4 rings (SSSR count). The van der Waals surface area contributed by atoms with Gasteiger partial charge in [0.05, 0.1) is 0 Å². The molecular formula is C17H15BrO2S. The van der Waals surface area contributed by atoms with Gasteiger partial charge in [0.25, 0.3) is 0 Å². The molecule has 0 radical (unpaired) electrons. The maximum absolute atomic E-state index is 5.45. The number of halogens is 1. The smallest absolute Gasteiger partial charge is 0.231 e. The number of benzene rings is 2. The van der Waals surface area contributed by atoms with Gasteiger partial charge in [0.1, 0.15) is 0 Å². The van der Waals surface area contributed by atoms with Crippen LogP contribution >= 0.6 is 27.7 Å². The molecule has 0 saturated carbocycles. The lowest BCUT2D eigenvalue weighted by Crippen LogP contribution is -1.92. The first-order valence-electron chi connectivity index (χ1n) is 7.12. The fourth-order valence-corrected chi connectivity index (χ4v) is 4.47. The van der Waals surface area contributed by atoms with Gasteiger partial charge in [0, 0.05) is 15.1 Å². The number of aryl methyl sites for hydroxylation is 2. The summed E-state index contributed by atoms with van der Waals surface area (Å²) >= 11 is 5.50. The largest absolute Gasteiger partial charge is 0.454 e. The van der Waals surface area contributed by atoms with Crippen LogP contribution in [0.25, 0.3) is 0 Å². The van der Waals surface area contributed by atoms with Crippen molar-refractivity contribution in [3.63, 3.8) is 0 Å². The summed E-state index contributed by atoms with van der Waals surface area (Å²) in [7, 11) is 0. The Labute approximate surface area is 137 Å². The van der Waals surface area contributed by atoms with E-state index in [1.807, 2.05) is 17.8 Å². The summed E-state index contributed by atoms with van der Waals surface area (Å²) in [5.74, 6) is 2.60. The van der Waals surface area contributed by atoms with Crippen molar-refractivity contribution in [1.82, 2.24) is 0 Å². The second kappa shape index (κ2) is 5.58. The van der Waals surface area contributed by atoms with Crippen molar-refractivity contribution < 1.29 is 9.47 Å². The first-order chi connectivity index (χ1) is 10.3. The molecule has 0 amide bonds. The molecule has 0 bridgehead atoms. The minimum Gasteiger partial charge on any atom is -0.454 e. The van der Waals surface area contributed by atoms with Gasteiger partial charge in [-0.05, 0) is 60.2 Å². The molecule has 2 aromatic carbocycles. The zero-order valence-electron chi connectivity index (χ0n) is 11.5. The van der Waals surface area contributed by atoms with Crippen molar-refractivity contribution in [2.45, 2.75) is 29.9 Å². The van der Waals surface area contributed by atoms with Crippen LogP contribution in [0.4, 0.5) is 0 Å². The number of thioether (sulfide) groups is 1. The van der Waals surface area contributed by atoms with Gasteiger partial charge in [-0.1, -0.05) is 22.0 Å². The highest BCUT2D eigenvalue weighted by molar-refractivity contribution is 9.10. The predicted molar refractivity (Wildman–Crippen MR) is 88.3 cm³/mol. The second-order valence-electron chi connectivity index (χ2n) is 5.37. The summed E-state index contributed by atoms with van der Waals surface area (Å²) in [6.07, 6.45) is 3.78. The first-order valence-corrected chi connectivity index (χ1v) is 8.90. The van der Waals surface area contributed by atoms with E-state index in [-0.39, 0.29) is 0 Å². The van der Waals surface area contributed by atoms with E-state index in [0.29, 0.717) is 6.79 Å². The monoisotopic (exact) mass is 362 g/mol. The molecule has 1 heterocycles. The summed E-state index contributed by atoms with van der Waals surface area (Å²) in [6.45, 7) is 0.323. The lowest BCUT2D eigenvalue weighted by molar-refractivity contribution is 0.174. The van der Waals surface area contributed by atoms with E-state index in [0.717, 1.165) is 21.7 Å². The summed E-state index contributed by atoms with van der Waals surface area (Å²) in [6, 6.07) is 11.0. The highest BCUT2D eigenvalue weighted by atomic mass is 79.9. The minimum absolute atomic E-state index is 0.323. The molecule has 0 unspecified atom stereocenters. The van der Waals surface area contributed by atoms with E-state index >= 15 is 0 Å². The van der Waals surface area contributed by atoms with Crippen molar-refractivity contribution in [3.8, 4) is 11.5 Å². The van der Waals surface area contributed by atoms with Gasteiger partial charge in [0.2, 0.25) is 6.79 Å². The van der Waals surface area contributed by atoms with E-state index in [2.05, 4.69) is 40.2 Å². The molecule has 108 valence electrons. The van der Waals surface area contributed by atoms with Crippen LogP contribution in [-0.2, 0) is 18.6 Å². The maximum Gasteiger partial charge on any atom is 0.231 e. The molecule has 0 N–H and O–H groups in total. The third-order valence-electron chi connectivity index (χ3n) is 4.01. The lowest BCUT2D eigenvalue weighted by atomic mass is 10.1. The Morgan fingerprint density at radius 3 is 2.71 bits per heavy atom. The molecule has 2 nitrogen and oxygen atoms in total. The first kappa shape index (κ1) is 13.5. The molecule has 2 aliphatic rings. The summed E-state index contributed by atoms with van der Waals surface area (Å²) in [4.78, 5) is 1.35. The zero-order valence-corrected chi connectivity index (χ0v) is 13.9. The van der Waals surface area contributed by atoms with Crippen LogP contribution in [0.2, 0.25) is 0 Å². The third kappa shape index (κ3) is 2.67. The fourth-order valence-electron chi connectivity index (χ4n) is 2.87. The van der Waals surface area contributed by atoms with Gasteiger partial charge < -0.3 is 9.47 Å². The van der Waals surface area contributed by atoms with E-state index in [9.17, 15) is 0 Å². The number of rotatable bonds is 3. The van der Waals surface area contributed by atoms with Crippen LogP contribution in [0.15, 0.2) is 39.7 Å². The van der Waals surface area contributed by atoms with Crippen LogP contribution in [0.5, 0.6) is 11.5 Å². The average Bonchev–Trinajstić information content (AvgIpc) is 3.12. The Morgan fingerprint density at radius 2 is 1.81 bits per heavy atom. The maximum atomic E-state index is 5.45. The number of hydrogen-bond acceptors (Lipinski definition) is 3. The number of hydrogen-bond donors (Lipinski definition) is 0. The molecule has 1 aliphatic carbocycles. The molecule has 0 aromatic heterocycles. The molecule has 0 spiro atoms. The second-order valence-corrected chi connectivity index (χ2v) is 7.27. The van der Waals surface area contributed by atoms with Gasteiger partial charge in [-0.3, -0.25) is 0 Å². The van der Waals surface area contributed by atoms with Gasteiger partial charge in [-0.15, -0.1) is 11.8 Å². The standard InChI is InChI=1S/C17H15BrO2S/c18-15-8-17-16(19-10-20-17)7-13(15)9-21-14-5-4-11-2-1-3-12(11)6-14/h4-8H,1-3,9-10H2. The van der Waals surface area contributed by atoms with Crippen LogP contribution < -0.4 is 9.47 Å². The Morgan fingerprint density at radius 1 is 1.00 bits per heavy atom. The van der Waals surface area contributed by atoms with Gasteiger partial charge in [-0.2, -0.15) is 0 Å². The topological polar surface area (TPSA) is 18.5 Å². The summed E-state index contributed by atoms with van der Waals surface area (Å²) < 4.78 is 11.9. The van der Waals surface area contributed by atoms with Gasteiger partial charge in [-0.25, -0.2) is 0 Å². The number of fused-ring (bicyclic) bond motifs is 2. The van der Waals surface area contributed by atoms with Crippen LogP contribution in [-0.4, -0.2) is 6.79 Å². The average molecular weight is 363 g/mol. The van der Waals surface area contributed by atoms with E-state index in [4.69, 9.17) is 9.47 Å². The SMILES string of the molecule is Brc1cc2c(cc1CSc1ccc3c(c1)CCC3)OCO2. The van der Waals surface area contributed by atoms with Crippen molar-refractivity contribution >= 4 is 27.7 Å².